The van der Waals surface area contributed by atoms with E-state index in [9.17, 15) is 9.59 Å². The first kappa shape index (κ1) is 16.6. The lowest BCUT2D eigenvalue weighted by atomic mass is 9.93. The molecule has 0 spiro atoms. The van der Waals surface area contributed by atoms with Crippen molar-refractivity contribution in [1.29, 1.82) is 0 Å². The third-order valence-corrected chi connectivity index (χ3v) is 4.15. The van der Waals surface area contributed by atoms with E-state index in [2.05, 4.69) is 10.8 Å². The summed E-state index contributed by atoms with van der Waals surface area (Å²) in [6.45, 7) is 0.329. The number of fused-ring (bicyclic) bond motifs is 1. The lowest BCUT2D eigenvalue weighted by molar-refractivity contribution is -0.131. The number of carbonyl (C=O) groups is 2. The molecular formula is C17H14Cl2N2O3. The number of nitrogens with one attached hydrogen (secondary N) is 2. The molecule has 1 aliphatic rings. The predicted octanol–water partition coefficient (Wildman–Crippen LogP) is 3.32. The van der Waals surface area contributed by atoms with E-state index in [0.717, 1.165) is 5.56 Å². The molecular weight excluding hydrogens is 351 g/mol. The molecule has 0 aliphatic carbocycles. The first-order chi connectivity index (χ1) is 11.5. The lowest BCUT2D eigenvalue weighted by Gasteiger charge is -2.24. The second-order valence-electron chi connectivity index (χ2n) is 5.36. The van der Waals surface area contributed by atoms with Crippen LogP contribution in [0.3, 0.4) is 0 Å². The highest BCUT2D eigenvalue weighted by molar-refractivity contribution is 6.35. The maximum Gasteiger partial charge on any atom is 0.260 e. The van der Waals surface area contributed by atoms with Crippen LogP contribution in [-0.4, -0.2) is 18.4 Å². The standard InChI is InChI=1S/C17H14Cl2N2O3/c18-11-7-10(8-12(19)9-11)16(22)20-6-5-14-13-3-1-2-4-15(13)24-21-17(14)23/h1-4,7-9,14H,5-6H2,(H,20,22)(H,21,23). The van der Waals surface area contributed by atoms with Crippen molar-refractivity contribution in [2.24, 2.45) is 0 Å². The highest BCUT2D eigenvalue weighted by Crippen LogP contribution is 2.31. The van der Waals surface area contributed by atoms with Crippen molar-refractivity contribution in [1.82, 2.24) is 10.8 Å². The first-order valence-corrected chi connectivity index (χ1v) is 8.10. The van der Waals surface area contributed by atoms with Crippen LogP contribution in [-0.2, 0) is 4.79 Å². The Morgan fingerprint density at radius 1 is 1.17 bits per heavy atom. The van der Waals surface area contributed by atoms with Crippen LogP contribution in [0.4, 0.5) is 0 Å². The summed E-state index contributed by atoms with van der Waals surface area (Å²) in [6, 6.07) is 12.0. The monoisotopic (exact) mass is 364 g/mol. The Morgan fingerprint density at radius 2 is 1.88 bits per heavy atom. The van der Waals surface area contributed by atoms with Gasteiger partial charge in [0.05, 0.1) is 5.92 Å². The predicted molar refractivity (Wildman–Crippen MR) is 91.4 cm³/mol. The molecule has 2 N–H and O–H groups in total. The molecule has 1 aliphatic heterocycles. The molecule has 0 fully saturated rings. The van der Waals surface area contributed by atoms with Gasteiger partial charge in [0.25, 0.3) is 11.8 Å². The van der Waals surface area contributed by atoms with Crippen LogP contribution in [0.5, 0.6) is 5.75 Å². The average molecular weight is 365 g/mol. The number of halogens is 2. The van der Waals surface area contributed by atoms with E-state index < -0.39 is 0 Å². The van der Waals surface area contributed by atoms with Gasteiger partial charge in [-0.25, -0.2) is 0 Å². The van der Waals surface area contributed by atoms with Gasteiger partial charge >= 0.3 is 0 Å². The maximum atomic E-state index is 12.2. The van der Waals surface area contributed by atoms with E-state index in [1.54, 1.807) is 24.3 Å². The van der Waals surface area contributed by atoms with Crippen LogP contribution >= 0.6 is 23.2 Å². The Hall–Kier alpha value is -2.24. The van der Waals surface area contributed by atoms with Crippen LogP contribution in [0.25, 0.3) is 0 Å². The molecule has 0 aromatic heterocycles. The van der Waals surface area contributed by atoms with Crippen LogP contribution in [0.1, 0.15) is 28.3 Å². The highest BCUT2D eigenvalue weighted by atomic mass is 35.5. The Kier molecular flexibility index (Phi) is 4.92. The molecule has 1 atom stereocenters. The van der Waals surface area contributed by atoms with Gasteiger partial charge in [-0.2, -0.15) is 5.48 Å². The molecule has 0 bridgehead atoms. The van der Waals surface area contributed by atoms with Gasteiger partial charge in [0.2, 0.25) is 0 Å². The van der Waals surface area contributed by atoms with Gasteiger partial charge in [-0.3, -0.25) is 9.59 Å². The summed E-state index contributed by atoms with van der Waals surface area (Å²) in [5.74, 6) is -0.276. The fraction of sp³-hybridized carbons (Fsp3) is 0.176. The number of amides is 2. The lowest BCUT2D eigenvalue weighted by Crippen LogP contribution is -2.38. The van der Waals surface area contributed by atoms with Crippen molar-refractivity contribution >= 4 is 35.0 Å². The summed E-state index contributed by atoms with van der Waals surface area (Å²) in [6.07, 6.45) is 0.451. The number of rotatable bonds is 4. The maximum absolute atomic E-state index is 12.2. The molecule has 2 amide bonds. The fourth-order valence-corrected chi connectivity index (χ4v) is 3.11. The SMILES string of the molecule is O=C(NCCC1C(=O)NOc2ccccc21)c1cc(Cl)cc(Cl)c1. The summed E-state index contributed by atoms with van der Waals surface area (Å²) in [7, 11) is 0. The van der Waals surface area contributed by atoms with Gasteiger partial charge in [0, 0.05) is 27.7 Å². The topological polar surface area (TPSA) is 67.4 Å². The molecule has 0 radical (unpaired) electrons. The number of carbonyl (C=O) groups excluding carboxylic acids is 2. The quantitative estimate of drug-likeness (QED) is 0.874. The summed E-state index contributed by atoms with van der Waals surface area (Å²) in [4.78, 5) is 29.3. The molecule has 1 heterocycles. The van der Waals surface area contributed by atoms with Crippen molar-refractivity contribution in [3.63, 3.8) is 0 Å². The van der Waals surface area contributed by atoms with E-state index in [1.807, 2.05) is 18.2 Å². The number of hydroxylamine groups is 1. The third-order valence-electron chi connectivity index (χ3n) is 3.72. The largest absolute Gasteiger partial charge is 0.379 e. The zero-order valence-corrected chi connectivity index (χ0v) is 14.0. The molecule has 24 heavy (non-hydrogen) atoms. The van der Waals surface area contributed by atoms with Gasteiger partial charge < -0.3 is 10.2 Å². The van der Waals surface area contributed by atoms with Crippen molar-refractivity contribution in [2.75, 3.05) is 6.54 Å². The van der Waals surface area contributed by atoms with E-state index >= 15 is 0 Å². The third kappa shape index (κ3) is 3.63. The number of hydrogen-bond donors (Lipinski definition) is 2. The number of hydrogen-bond acceptors (Lipinski definition) is 3. The van der Waals surface area contributed by atoms with Crippen molar-refractivity contribution in [2.45, 2.75) is 12.3 Å². The zero-order chi connectivity index (χ0) is 17.1. The highest BCUT2D eigenvalue weighted by Gasteiger charge is 2.28. The summed E-state index contributed by atoms with van der Waals surface area (Å²) >= 11 is 11.8. The summed E-state index contributed by atoms with van der Waals surface area (Å²) < 4.78 is 0. The van der Waals surface area contributed by atoms with E-state index in [0.29, 0.717) is 34.3 Å². The Morgan fingerprint density at radius 3 is 2.62 bits per heavy atom. The summed E-state index contributed by atoms with van der Waals surface area (Å²) in [5, 5.41) is 3.56. The van der Waals surface area contributed by atoms with E-state index in [4.69, 9.17) is 28.0 Å². The zero-order valence-electron chi connectivity index (χ0n) is 12.5. The Balaban J connectivity index is 1.64. The molecule has 3 rings (SSSR count). The molecule has 1 unspecified atom stereocenters. The minimum atomic E-state index is -0.377. The molecule has 0 saturated heterocycles. The van der Waals surface area contributed by atoms with Gasteiger partial charge in [-0.15, -0.1) is 0 Å². The minimum Gasteiger partial charge on any atom is -0.379 e. The van der Waals surface area contributed by atoms with Crippen molar-refractivity contribution in [3.05, 3.63) is 63.6 Å². The van der Waals surface area contributed by atoms with Crippen molar-refractivity contribution in [3.8, 4) is 5.75 Å². The van der Waals surface area contributed by atoms with Crippen LogP contribution < -0.4 is 15.6 Å². The molecule has 5 nitrogen and oxygen atoms in total. The normalized spacial score (nSPS) is 15.9. The number of para-hydroxylation sites is 1. The fourth-order valence-electron chi connectivity index (χ4n) is 2.58. The average Bonchev–Trinajstić information content (AvgIpc) is 2.56. The molecule has 0 saturated carbocycles. The Labute approximate surface area is 148 Å². The van der Waals surface area contributed by atoms with E-state index in [1.165, 1.54) is 0 Å². The summed E-state index contributed by atoms with van der Waals surface area (Å²) in [5.41, 5.74) is 3.57. The number of benzene rings is 2. The van der Waals surface area contributed by atoms with Crippen LogP contribution in [0, 0.1) is 0 Å². The van der Waals surface area contributed by atoms with Gasteiger partial charge in [-0.05, 0) is 30.7 Å². The van der Waals surface area contributed by atoms with Gasteiger partial charge in [-0.1, -0.05) is 41.4 Å². The van der Waals surface area contributed by atoms with Gasteiger partial charge in [0.15, 0.2) is 5.75 Å². The molecule has 7 heteroatoms. The second-order valence-corrected chi connectivity index (χ2v) is 6.23. The smallest absolute Gasteiger partial charge is 0.260 e. The molecule has 2 aromatic carbocycles. The minimum absolute atomic E-state index is 0.228. The van der Waals surface area contributed by atoms with E-state index in [-0.39, 0.29) is 17.7 Å². The molecule has 2 aromatic rings. The van der Waals surface area contributed by atoms with Crippen LogP contribution in [0.2, 0.25) is 10.0 Å². The first-order valence-electron chi connectivity index (χ1n) is 7.34. The van der Waals surface area contributed by atoms with Crippen molar-refractivity contribution < 1.29 is 14.4 Å². The Bertz CT molecular complexity index is 775. The van der Waals surface area contributed by atoms with Crippen LogP contribution in [0.15, 0.2) is 42.5 Å². The van der Waals surface area contributed by atoms with Gasteiger partial charge in [0.1, 0.15) is 0 Å². The second kappa shape index (κ2) is 7.11. The molecule has 124 valence electrons.